The third-order valence-electron chi connectivity index (χ3n) is 4.27. The van der Waals surface area contributed by atoms with E-state index in [2.05, 4.69) is 15.3 Å². The van der Waals surface area contributed by atoms with Crippen LogP contribution in [0.3, 0.4) is 0 Å². The summed E-state index contributed by atoms with van der Waals surface area (Å²) in [6.07, 6.45) is 4.51. The number of hydrogen-bond donors (Lipinski definition) is 1. The molecule has 0 bridgehead atoms. The fourth-order valence-corrected chi connectivity index (χ4v) is 6.49. The molecular weight excluding hydrogens is 404 g/mol. The number of aromatic nitrogens is 2. The van der Waals surface area contributed by atoms with E-state index in [1.807, 2.05) is 17.5 Å². The lowest BCUT2D eigenvalue weighted by Crippen LogP contribution is -2.42. The molecule has 1 amide bonds. The molecule has 140 valence electrons. The predicted molar refractivity (Wildman–Crippen MR) is 105 cm³/mol. The fourth-order valence-electron chi connectivity index (χ4n) is 2.99. The van der Waals surface area contributed by atoms with Gasteiger partial charge >= 0.3 is 0 Å². The van der Waals surface area contributed by atoms with Crippen molar-refractivity contribution in [2.75, 3.05) is 11.9 Å². The zero-order chi connectivity index (χ0) is 18.9. The molecular formula is C17H16N4O3S3. The number of sulfonamides is 1. The van der Waals surface area contributed by atoms with Crippen LogP contribution in [0.1, 0.15) is 12.8 Å². The highest BCUT2D eigenvalue weighted by Gasteiger charge is 2.40. The number of pyridine rings is 1. The number of carbonyl (C=O) groups excluding carboxylic acids is 1. The summed E-state index contributed by atoms with van der Waals surface area (Å²) in [4.78, 5) is 21.1. The Morgan fingerprint density at radius 3 is 2.78 bits per heavy atom. The van der Waals surface area contributed by atoms with Gasteiger partial charge in [0.1, 0.15) is 10.3 Å². The quantitative estimate of drug-likeness (QED) is 0.685. The first kappa shape index (κ1) is 18.2. The summed E-state index contributed by atoms with van der Waals surface area (Å²) in [6.45, 7) is 0.346. The van der Waals surface area contributed by atoms with Gasteiger partial charge < -0.3 is 5.32 Å². The van der Waals surface area contributed by atoms with Crippen LogP contribution in [-0.4, -0.2) is 41.2 Å². The van der Waals surface area contributed by atoms with E-state index in [-0.39, 0.29) is 10.1 Å². The van der Waals surface area contributed by atoms with Crippen molar-refractivity contribution < 1.29 is 13.2 Å². The number of amides is 1. The Labute approximate surface area is 164 Å². The van der Waals surface area contributed by atoms with Crippen LogP contribution in [0.5, 0.6) is 0 Å². The molecule has 1 unspecified atom stereocenters. The molecule has 7 nitrogen and oxygen atoms in total. The SMILES string of the molecule is O=C(Nc1nc(-c2ccncc2)cs1)C1CCCN1S(=O)(=O)c1cccs1. The molecule has 1 saturated heterocycles. The molecule has 1 aliphatic rings. The molecule has 4 rings (SSSR count). The molecule has 1 aliphatic heterocycles. The highest BCUT2D eigenvalue weighted by Crippen LogP contribution is 2.30. The summed E-state index contributed by atoms with van der Waals surface area (Å²) in [5.74, 6) is -0.344. The number of thiazole rings is 1. The molecule has 10 heteroatoms. The highest BCUT2D eigenvalue weighted by molar-refractivity contribution is 7.91. The van der Waals surface area contributed by atoms with E-state index in [9.17, 15) is 13.2 Å². The molecule has 3 aromatic heterocycles. The van der Waals surface area contributed by atoms with E-state index in [0.29, 0.717) is 24.5 Å². The van der Waals surface area contributed by atoms with Crippen LogP contribution in [0.4, 0.5) is 5.13 Å². The van der Waals surface area contributed by atoms with E-state index in [1.54, 1.807) is 29.9 Å². The van der Waals surface area contributed by atoms with E-state index >= 15 is 0 Å². The van der Waals surface area contributed by atoms with Crippen LogP contribution < -0.4 is 5.32 Å². The standard InChI is InChI=1S/C17H16N4O3S3/c22-16(20-17-19-13(11-26-17)12-5-7-18-8-6-12)14-3-1-9-21(14)27(23,24)15-4-2-10-25-15/h2,4-8,10-11,14H,1,3,9H2,(H,19,20,22). The minimum Gasteiger partial charge on any atom is -0.301 e. The van der Waals surface area contributed by atoms with Gasteiger partial charge in [-0.05, 0) is 36.4 Å². The number of carbonyl (C=O) groups is 1. The van der Waals surface area contributed by atoms with Gasteiger partial charge in [-0.25, -0.2) is 13.4 Å². The molecule has 0 spiro atoms. The number of hydrogen-bond acceptors (Lipinski definition) is 7. The normalized spacial score (nSPS) is 17.9. The van der Waals surface area contributed by atoms with E-state index < -0.39 is 16.1 Å². The lowest BCUT2D eigenvalue weighted by atomic mass is 10.2. The van der Waals surface area contributed by atoms with Gasteiger partial charge in [-0.2, -0.15) is 4.31 Å². The van der Waals surface area contributed by atoms with Crippen LogP contribution in [0, 0.1) is 0 Å². The van der Waals surface area contributed by atoms with Crippen molar-refractivity contribution in [1.82, 2.24) is 14.3 Å². The maximum Gasteiger partial charge on any atom is 0.253 e. The summed E-state index contributed by atoms with van der Waals surface area (Å²) < 4.78 is 27.1. The zero-order valence-electron chi connectivity index (χ0n) is 14.1. The van der Waals surface area contributed by atoms with Gasteiger partial charge in [0.15, 0.2) is 5.13 Å². The fraction of sp³-hybridized carbons (Fsp3) is 0.235. The van der Waals surface area contributed by atoms with Gasteiger partial charge in [0, 0.05) is 29.9 Å². The summed E-state index contributed by atoms with van der Waals surface area (Å²) in [7, 11) is -3.65. The van der Waals surface area contributed by atoms with E-state index in [0.717, 1.165) is 22.6 Å². The van der Waals surface area contributed by atoms with Gasteiger partial charge in [-0.3, -0.25) is 9.78 Å². The van der Waals surface area contributed by atoms with Gasteiger partial charge in [0.2, 0.25) is 5.91 Å². The molecule has 0 aromatic carbocycles. The van der Waals surface area contributed by atoms with Crippen molar-refractivity contribution in [3.8, 4) is 11.3 Å². The Kier molecular flexibility index (Phi) is 5.04. The molecule has 1 fully saturated rings. The molecule has 1 N–H and O–H groups in total. The minimum atomic E-state index is -3.65. The van der Waals surface area contributed by atoms with Crippen molar-refractivity contribution in [2.45, 2.75) is 23.1 Å². The van der Waals surface area contributed by atoms with Crippen LogP contribution in [0.2, 0.25) is 0 Å². The molecule has 27 heavy (non-hydrogen) atoms. The smallest absolute Gasteiger partial charge is 0.253 e. The second-order valence-corrected chi connectivity index (χ2v) is 9.89. The second-order valence-electron chi connectivity index (χ2n) is 5.97. The largest absolute Gasteiger partial charge is 0.301 e. The summed E-state index contributed by atoms with van der Waals surface area (Å²) in [5.41, 5.74) is 1.65. The predicted octanol–water partition coefficient (Wildman–Crippen LogP) is 3.06. The molecule has 0 aliphatic carbocycles. The van der Waals surface area contributed by atoms with Crippen molar-refractivity contribution in [2.24, 2.45) is 0 Å². The van der Waals surface area contributed by atoms with E-state index in [1.165, 1.54) is 15.6 Å². The van der Waals surface area contributed by atoms with Crippen LogP contribution in [0.15, 0.2) is 51.6 Å². The van der Waals surface area contributed by atoms with Gasteiger partial charge in [-0.15, -0.1) is 22.7 Å². The number of rotatable bonds is 5. The van der Waals surface area contributed by atoms with Crippen LogP contribution >= 0.6 is 22.7 Å². The Morgan fingerprint density at radius 1 is 1.22 bits per heavy atom. The third kappa shape index (κ3) is 3.65. The van der Waals surface area contributed by atoms with Crippen molar-refractivity contribution >= 4 is 43.7 Å². The molecule has 4 heterocycles. The Morgan fingerprint density at radius 2 is 2.04 bits per heavy atom. The van der Waals surface area contributed by atoms with Gasteiger partial charge in [0.25, 0.3) is 10.0 Å². The van der Waals surface area contributed by atoms with Crippen molar-refractivity contribution in [3.05, 3.63) is 47.4 Å². The van der Waals surface area contributed by atoms with E-state index in [4.69, 9.17) is 0 Å². The first-order chi connectivity index (χ1) is 13.1. The van der Waals surface area contributed by atoms with Gasteiger partial charge in [0.05, 0.1) is 5.69 Å². The zero-order valence-corrected chi connectivity index (χ0v) is 16.6. The second kappa shape index (κ2) is 7.47. The third-order valence-corrected chi connectivity index (χ3v) is 8.31. The van der Waals surface area contributed by atoms with Gasteiger partial charge in [-0.1, -0.05) is 6.07 Å². The molecule has 0 saturated carbocycles. The number of thiophene rings is 1. The topological polar surface area (TPSA) is 92.3 Å². The van der Waals surface area contributed by atoms with Crippen molar-refractivity contribution in [3.63, 3.8) is 0 Å². The monoisotopic (exact) mass is 420 g/mol. The number of anilines is 1. The maximum atomic E-state index is 12.8. The lowest BCUT2D eigenvalue weighted by Gasteiger charge is -2.22. The first-order valence-electron chi connectivity index (χ1n) is 8.28. The first-order valence-corrected chi connectivity index (χ1v) is 11.5. The maximum absolute atomic E-state index is 12.8. The molecule has 3 aromatic rings. The number of nitrogens with zero attached hydrogens (tertiary/aromatic N) is 3. The van der Waals surface area contributed by atoms with Crippen molar-refractivity contribution in [1.29, 1.82) is 0 Å². The summed E-state index contributed by atoms with van der Waals surface area (Å²) in [6, 6.07) is 6.22. The van der Waals surface area contributed by atoms with Crippen LogP contribution in [-0.2, 0) is 14.8 Å². The lowest BCUT2D eigenvalue weighted by molar-refractivity contribution is -0.119. The summed E-state index contributed by atoms with van der Waals surface area (Å²) in [5, 5.41) is 6.79. The Bertz CT molecular complexity index is 1030. The van der Waals surface area contributed by atoms with Crippen LogP contribution in [0.25, 0.3) is 11.3 Å². The number of nitrogens with one attached hydrogen (secondary N) is 1. The summed E-state index contributed by atoms with van der Waals surface area (Å²) >= 11 is 2.47. The molecule has 1 atom stereocenters. The highest BCUT2D eigenvalue weighted by atomic mass is 32.2. The minimum absolute atomic E-state index is 0.261. The Balaban J connectivity index is 1.50. The average Bonchev–Trinajstić information content (AvgIpc) is 3.42. The Hall–Kier alpha value is -2.14. The molecule has 0 radical (unpaired) electrons. The average molecular weight is 421 g/mol.